The summed E-state index contributed by atoms with van der Waals surface area (Å²) in [7, 11) is 0. The molecule has 10 heteroatoms. The van der Waals surface area contributed by atoms with Gasteiger partial charge >= 0.3 is 11.9 Å². The van der Waals surface area contributed by atoms with Gasteiger partial charge in [-0.3, -0.25) is 0 Å². The van der Waals surface area contributed by atoms with Gasteiger partial charge in [-0.25, -0.2) is 19.3 Å². The minimum atomic E-state index is -1.46. The van der Waals surface area contributed by atoms with Crippen molar-refractivity contribution >= 4 is 11.9 Å². The van der Waals surface area contributed by atoms with Gasteiger partial charge in [0.15, 0.2) is 22.2 Å². The molecule has 0 aromatic heterocycles. The molecule has 2 rings (SSSR count). The normalized spacial score (nSPS) is 39.1. The second kappa shape index (κ2) is 7.11. The Labute approximate surface area is 177 Å². The van der Waals surface area contributed by atoms with E-state index in [1.807, 2.05) is 0 Å². The number of piperidine rings is 2. The van der Waals surface area contributed by atoms with Crippen LogP contribution in [0.5, 0.6) is 0 Å². The zero-order chi connectivity index (χ0) is 23.6. The Morgan fingerprint density at radius 2 is 0.833 bits per heavy atom. The van der Waals surface area contributed by atoms with Crippen LogP contribution in [-0.2, 0) is 19.3 Å². The van der Waals surface area contributed by atoms with E-state index < -0.39 is 55.9 Å². The number of carbonyl (C=O) groups excluding carboxylic acids is 2. The highest BCUT2D eigenvalue weighted by Gasteiger charge is 2.67. The number of hydrogen-bond acceptors (Lipinski definition) is 8. The first kappa shape index (κ1) is 25.0. The molecular weight excluding hydrogens is 396 g/mol. The third-order valence-corrected chi connectivity index (χ3v) is 6.82. The van der Waals surface area contributed by atoms with E-state index in [1.165, 1.54) is 0 Å². The minimum absolute atomic E-state index is 0.146. The van der Waals surface area contributed by atoms with Crippen LogP contribution in [0.2, 0.25) is 0 Å². The lowest BCUT2D eigenvalue weighted by molar-refractivity contribution is -1.30. The monoisotopic (exact) mass is 434 g/mol. The van der Waals surface area contributed by atoms with Crippen LogP contribution in [-0.4, -0.2) is 76.5 Å². The van der Waals surface area contributed by atoms with Crippen molar-refractivity contribution in [2.24, 2.45) is 0 Å². The van der Waals surface area contributed by atoms with Crippen molar-refractivity contribution in [3.05, 3.63) is 0 Å². The highest BCUT2D eigenvalue weighted by atomic mass is 17.0. The molecule has 2 aliphatic rings. The van der Waals surface area contributed by atoms with E-state index in [2.05, 4.69) is 0 Å². The molecule has 30 heavy (non-hydrogen) atoms. The highest BCUT2D eigenvalue weighted by Crippen LogP contribution is 2.46. The van der Waals surface area contributed by atoms with Gasteiger partial charge in [-0.05, 0) is 55.4 Å². The van der Waals surface area contributed by atoms with Gasteiger partial charge in [0.25, 0.3) is 0 Å². The first-order valence-corrected chi connectivity index (χ1v) is 10.3. The maximum Gasteiger partial charge on any atom is 0.484 e. The van der Waals surface area contributed by atoms with Crippen molar-refractivity contribution in [3.8, 4) is 0 Å². The van der Waals surface area contributed by atoms with Crippen molar-refractivity contribution in [1.29, 1.82) is 0 Å². The van der Waals surface area contributed by atoms with E-state index in [4.69, 9.17) is 9.68 Å². The lowest BCUT2D eigenvalue weighted by Crippen LogP contribution is -2.75. The summed E-state index contributed by atoms with van der Waals surface area (Å²) in [6.07, 6.45) is -0.820. The SMILES string of the molecule is CC1(C)CC(O)CC(C)(C)[N+]1(O)OC(=O)C(=O)O[N+]1(O)C(C)(C)CC(O)CC1(C)C. The van der Waals surface area contributed by atoms with Crippen molar-refractivity contribution in [3.63, 3.8) is 0 Å². The van der Waals surface area contributed by atoms with Crippen LogP contribution < -0.4 is 0 Å². The average Bonchev–Trinajstić information content (AvgIpc) is 2.48. The van der Waals surface area contributed by atoms with Crippen LogP contribution in [0.1, 0.15) is 81.1 Å². The lowest BCUT2D eigenvalue weighted by Gasteiger charge is -2.53. The third-order valence-electron chi connectivity index (χ3n) is 6.82. The molecule has 0 amide bonds. The number of hydroxylamine groups is 8. The first-order chi connectivity index (χ1) is 13.2. The van der Waals surface area contributed by atoms with E-state index in [-0.39, 0.29) is 25.7 Å². The predicted octanol–water partition coefficient (Wildman–Crippen LogP) is 1.74. The number of aliphatic hydroxyl groups is 2. The van der Waals surface area contributed by atoms with Gasteiger partial charge in [-0.1, -0.05) is 0 Å². The smallest absolute Gasteiger partial charge is 0.393 e. The Hall–Kier alpha value is -1.30. The summed E-state index contributed by atoms with van der Waals surface area (Å²) >= 11 is 0. The van der Waals surface area contributed by atoms with E-state index in [1.54, 1.807) is 55.4 Å². The largest absolute Gasteiger partial charge is 0.484 e. The van der Waals surface area contributed by atoms with Gasteiger partial charge in [0, 0.05) is 35.3 Å². The number of hydrogen-bond donors (Lipinski definition) is 4. The van der Waals surface area contributed by atoms with Gasteiger partial charge < -0.3 is 10.2 Å². The summed E-state index contributed by atoms with van der Waals surface area (Å²) in [5.41, 5.74) is -4.40. The molecule has 2 heterocycles. The van der Waals surface area contributed by atoms with Gasteiger partial charge in [-0.2, -0.15) is 10.4 Å². The van der Waals surface area contributed by atoms with Crippen molar-refractivity contribution in [2.45, 2.75) is 115 Å². The molecule has 0 radical (unpaired) electrons. The zero-order valence-electron chi connectivity index (χ0n) is 19.3. The summed E-state index contributed by atoms with van der Waals surface area (Å²) in [6, 6.07) is 0. The summed E-state index contributed by atoms with van der Waals surface area (Å²) in [4.78, 5) is 33.4. The van der Waals surface area contributed by atoms with Crippen molar-refractivity contribution in [2.75, 3.05) is 0 Å². The Morgan fingerprint density at radius 1 is 0.633 bits per heavy atom. The first-order valence-electron chi connectivity index (χ1n) is 10.3. The lowest BCUT2D eigenvalue weighted by atomic mass is 9.79. The van der Waals surface area contributed by atoms with E-state index in [0.717, 1.165) is 0 Å². The molecule has 0 aliphatic carbocycles. The quantitative estimate of drug-likeness (QED) is 0.381. The fraction of sp³-hybridized carbons (Fsp3) is 0.900. The van der Waals surface area contributed by atoms with Gasteiger partial charge in [0.05, 0.1) is 12.2 Å². The number of carbonyl (C=O) groups is 2. The maximum absolute atomic E-state index is 12.7. The molecule has 0 saturated carbocycles. The number of aliphatic hydroxyl groups excluding tert-OH is 2. The maximum atomic E-state index is 12.7. The molecule has 0 spiro atoms. The van der Waals surface area contributed by atoms with E-state index >= 15 is 0 Å². The Kier molecular flexibility index (Phi) is 5.92. The summed E-state index contributed by atoms with van der Waals surface area (Å²) in [6.45, 7) is 13.0. The van der Waals surface area contributed by atoms with Crippen LogP contribution in [0.15, 0.2) is 0 Å². The Balaban J connectivity index is 2.29. The van der Waals surface area contributed by atoms with Crippen molar-refractivity contribution in [1.82, 2.24) is 0 Å². The van der Waals surface area contributed by atoms with E-state index in [9.17, 15) is 30.2 Å². The van der Waals surface area contributed by atoms with Gasteiger partial charge in [-0.15, -0.1) is 0 Å². The van der Waals surface area contributed by atoms with Gasteiger partial charge in [0.1, 0.15) is 0 Å². The molecule has 0 atom stereocenters. The average molecular weight is 435 g/mol. The fourth-order valence-corrected chi connectivity index (χ4v) is 5.39. The summed E-state index contributed by atoms with van der Waals surface area (Å²) in [5, 5.41) is 42.8. The molecule has 2 saturated heterocycles. The number of nitrogens with zero attached hydrogens (tertiary/aromatic N) is 2. The molecule has 0 aromatic carbocycles. The van der Waals surface area contributed by atoms with Gasteiger partial charge in [0.2, 0.25) is 0 Å². The fourth-order valence-electron chi connectivity index (χ4n) is 5.39. The molecule has 174 valence electrons. The molecule has 0 aromatic rings. The Morgan fingerprint density at radius 3 is 1.03 bits per heavy atom. The highest BCUT2D eigenvalue weighted by molar-refractivity contribution is 6.29. The molecule has 10 nitrogen and oxygen atoms in total. The Bertz CT molecular complexity index is 620. The minimum Gasteiger partial charge on any atom is -0.393 e. The van der Waals surface area contributed by atoms with Crippen LogP contribution in [0.3, 0.4) is 0 Å². The second-order valence-electron chi connectivity index (χ2n) is 11.3. The van der Waals surface area contributed by atoms with E-state index in [0.29, 0.717) is 0 Å². The molecule has 0 bridgehead atoms. The predicted molar refractivity (Wildman–Crippen MR) is 103 cm³/mol. The molecule has 2 aliphatic heterocycles. The molecule has 2 fully saturated rings. The topological polar surface area (TPSA) is 134 Å². The zero-order valence-corrected chi connectivity index (χ0v) is 19.3. The third kappa shape index (κ3) is 3.74. The van der Waals surface area contributed by atoms with Crippen LogP contribution in [0.4, 0.5) is 0 Å². The molecule has 0 unspecified atom stereocenters. The van der Waals surface area contributed by atoms with Crippen LogP contribution in [0, 0.1) is 0 Å². The molecular formula is C20H38N2O8+2. The van der Waals surface area contributed by atoms with Crippen LogP contribution in [0.25, 0.3) is 0 Å². The second-order valence-corrected chi connectivity index (χ2v) is 11.3. The number of rotatable bonds is 2. The summed E-state index contributed by atoms with van der Waals surface area (Å²) < 4.78 is 0. The van der Waals surface area contributed by atoms with Crippen molar-refractivity contribution < 1.29 is 49.5 Å². The van der Waals surface area contributed by atoms with Crippen LogP contribution >= 0.6 is 0 Å². The standard InChI is InChI=1S/C20H38N2O8/c1-17(2)9-13(23)10-18(3,4)21(17,27)29-15(25)16(26)30-22(28)19(5,6)11-14(24)12-20(22,7)8/h13-14,23-24,27-28H,9-12H2,1-8H3/q+2. The number of quaternary nitrogens is 2. The summed E-state index contributed by atoms with van der Waals surface area (Å²) in [5.74, 6) is -2.92. The molecule has 4 N–H and O–H groups in total.